The first-order valence-corrected chi connectivity index (χ1v) is 8.93. The van der Waals surface area contributed by atoms with Crippen molar-refractivity contribution in [1.82, 2.24) is 5.06 Å². The summed E-state index contributed by atoms with van der Waals surface area (Å²) in [6, 6.07) is 7.68. The quantitative estimate of drug-likeness (QED) is 0.717. The molecule has 26 heavy (non-hydrogen) atoms. The maximum Gasteiger partial charge on any atom is 0.284 e. The predicted octanol–water partition coefficient (Wildman–Crippen LogP) is 4.13. The summed E-state index contributed by atoms with van der Waals surface area (Å²) < 4.78 is 5.61. The van der Waals surface area contributed by atoms with E-state index in [9.17, 15) is 9.59 Å². The van der Waals surface area contributed by atoms with Crippen LogP contribution in [0.25, 0.3) is 0 Å². The van der Waals surface area contributed by atoms with Gasteiger partial charge in [-0.05, 0) is 43.7 Å². The Morgan fingerprint density at radius 2 is 1.81 bits per heavy atom. The van der Waals surface area contributed by atoms with Gasteiger partial charge in [0.15, 0.2) is 18.1 Å². The molecule has 0 spiro atoms. The molecule has 0 radical (unpaired) electrons. The monoisotopic (exact) mass is 359 g/mol. The van der Waals surface area contributed by atoms with Crippen LogP contribution in [0.5, 0.6) is 0 Å². The molecular formula is C21H29NO4. The molecule has 1 atom stereocenters. The second kappa shape index (κ2) is 8.04. The van der Waals surface area contributed by atoms with Gasteiger partial charge in [-0.25, -0.2) is 5.06 Å². The Bertz CT molecular complexity index is 703. The van der Waals surface area contributed by atoms with Gasteiger partial charge in [-0.2, -0.15) is 0 Å². The van der Waals surface area contributed by atoms with Crippen molar-refractivity contribution < 1.29 is 19.2 Å². The first-order chi connectivity index (χ1) is 12.1. The number of hydroxylamine groups is 2. The fraction of sp³-hybridized carbons (Fsp3) is 0.524. The fourth-order valence-corrected chi connectivity index (χ4v) is 3.47. The molecular weight excluding hydrogens is 330 g/mol. The molecule has 0 heterocycles. The molecule has 1 aromatic rings. The van der Waals surface area contributed by atoms with E-state index in [4.69, 9.17) is 9.57 Å². The van der Waals surface area contributed by atoms with E-state index in [1.165, 1.54) is 12.2 Å². The average molecular weight is 359 g/mol. The lowest BCUT2D eigenvalue weighted by Gasteiger charge is -2.31. The van der Waals surface area contributed by atoms with Crippen LogP contribution in [0.2, 0.25) is 0 Å². The Morgan fingerprint density at radius 3 is 2.35 bits per heavy atom. The number of allylic oxidation sites excluding steroid dienone is 2. The van der Waals surface area contributed by atoms with Gasteiger partial charge in [-0.3, -0.25) is 14.4 Å². The van der Waals surface area contributed by atoms with Crippen LogP contribution in [0.15, 0.2) is 35.6 Å². The number of ether oxygens (including phenoxy) is 1. The predicted molar refractivity (Wildman–Crippen MR) is 100 cm³/mol. The van der Waals surface area contributed by atoms with Crippen LogP contribution in [0.3, 0.4) is 0 Å². The number of amides is 1. The Balaban J connectivity index is 2.05. The van der Waals surface area contributed by atoms with Gasteiger partial charge in [0.05, 0.1) is 13.2 Å². The molecule has 0 aromatic heterocycles. The molecule has 1 aliphatic rings. The van der Waals surface area contributed by atoms with Gasteiger partial charge in [0.1, 0.15) is 0 Å². The van der Waals surface area contributed by atoms with Gasteiger partial charge >= 0.3 is 0 Å². The first kappa shape index (κ1) is 20.2. The first-order valence-electron chi connectivity index (χ1n) is 8.93. The van der Waals surface area contributed by atoms with E-state index in [1.807, 2.05) is 45.0 Å². The number of hydrogen-bond donors (Lipinski definition) is 0. The zero-order valence-electron chi connectivity index (χ0n) is 16.6. The molecule has 1 unspecified atom stereocenters. The highest BCUT2D eigenvalue weighted by molar-refractivity contribution is 5.96. The van der Waals surface area contributed by atoms with E-state index in [2.05, 4.69) is 13.8 Å². The molecule has 1 amide bonds. The number of carbonyl (C=O) groups is 2. The number of benzene rings is 1. The van der Waals surface area contributed by atoms with Gasteiger partial charge in [-0.1, -0.05) is 43.7 Å². The van der Waals surface area contributed by atoms with Crippen molar-refractivity contribution in [1.29, 1.82) is 0 Å². The lowest BCUT2D eigenvalue weighted by molar-refractivity contribution is -0.191. The SMILES string of the molecule is CON(C(=O)COC1=C(C)CC(C)(C)CC1=O)C(C)c1ccc(C)cc1. The van der Waals surface area contributed by atoms with Crippen molar-refractivity contribution in [2.45, 2.75) is 53.5 Å². The van der Waals surface area contributed by atoms with Crippen molar-refractivity contribution in [3.63, 3.8) is 0 Å². The molecule has 0 fully saturated rings. The standard InChI is InChI=1S/C21H29NO4/c1-14-7-9-17(10-8-14)16(3)22(25-6)19(24)13-26-20-15(2)11-21(4,5)12-18(20)23/h7-10,16H,11-13H2,1-6H3. The number of Topliss-reactive ketones (excluding diaryl/α,β-unsaturated/α-hetero) is 1. The van der Waals surface area contributed by atoms with Crippen LogP contribution in [-0.4, -0.2) is 30.5 Å². The third-order valence-corrected chi connectivity index (χ3v) is 4.72. The molecule has 142 valence electrons. The average Bonchev–Trinajstić information content (AvgIpc) is 2.54. The normalized spacial score (nSPS) is 17.8. The van der Waals surface area contributed by atoms with Crippen molar-refractivity contribution in [3.05, 3.63) is 46.7 Å². The Kier molecular flexibility index (Phi) is 6.24. The Hall–Kier alpha value is -2.14. The zero-order chi connectivity index (χ0) is 19.5. The summed E-state index contributed by atoms with van der Waals surface area (Å²) in [6.07, 6.45) is 1.22. The van der Waals surface area contributed by atoms with Crippen LogP contribution in [0.4, 0.5) is 0 Å². The van der Waals surface area contributed by atoms with E-state index in [-0.39, 0.29) is 29.8 Å². The lowest BCUT2D eigenvalue weighted by Crippen LogP contribution is -2.36. The number of ketones is 1. The van der Waals surface area contributed by atoms with Crippen LogP contribution < -0.4 is 0 Å². The van der Waals surface area contributed by atoms with Crippen LogP contribution >= 0.6 is 0 Å². The molecule has 0 saturated heterocycles. The van der Waals surface area contributed by atoms with Crippen molar-refractivity contribution >= 4 is 11.7 Å². The number of carbonyl (C=O) groups excluding carboxylic acids is 2. The van der Waals surface area contributed by atoms with Gasteiger partial charge in [0.25, 0.3) is 5.91 Å². The summed E-state index contributed by atoms with van der Waals surface area (Å²) in [5.74, 6) is -0.0303. The second-order valence-corrected chi connectivity index (χ2v) is 7.83. The summed E-state index contributed by atoms with van der Waals surface area (Å²) in [7, 11) is 1.46. The molecule has 5 nitrogen and oxygen atoms in total. The number of rotatable bonds is 6. The lowest BCUT2D eigenvalue weighted by atomic mass is 9.76. The van der Waals surface area contributed by atoms with E-state index in [0.717, 1.165) is 23.1 Å². The summed E-state index contributed by atoms with van der Waals surface area (Å²) in [6.45, 7) is 9.70. The summed E-state index contributed by atoms with van der Waals surface area (Å²) in [4.78, 5) is 30.2. The minimum atomic E-state index is -0.321. The topological polar surface area (TPSA) is 55.8 Å². The number of hydrogen-bond acceptors (Lipinski definition) is 4. The summed E-state index contributed by atoms with van der Waals surface area (Å²) in [5.41, 5.74) is 2.96. The highest BCUT2D eigenvalue weighted by atomic mass is 16.7. The molecule has 0 saturated carbocycles. The minimum absolute atomic E-state index is 0.0397. The molecule has 1 aromatic carbocycles. The molecule has 0 aliphatic heterocycles. The van der Waals surface area contributed by atoms with Gasteiger partial charge in [0, 0.05) is 6.42 Å². The largest absolute Gasteiger partial charge is 0.480 e. The summed E-state index contributed by atoms with van der Waals surface area (Å²) >= 11 is 0. The highest BCUT2D eigenvalue weighted by Gasteiger charge is 2.33. The summed E-state index contributed by atoms with van der Waals surface area (Å²) in [5, 5.41) is 1.29. The van der Waals surface area contributed by atoms with Crippen LogP contribution in [0, 0.1) is 12.3 Å². The van der Waals surface area contributed by atoms with E-state index in [0.29, 0.717) is 12.2 Å². The highest BCUT2D eigenvalue weighted by Crippen LogP contribution is 2.36. The fourth-order valence-electron chi connectivity index (χ4n) is 3.47. The zero-order valence-corrected chi connectivity index (χ0v) is 16.6. The van der Waals surface area contributed by atoms with E-state index in [1.54, 1.807) is 0 Å². The van der Waals surface area contributed by atoms with Crippen LogP contribution in [-0.2, 0) is 19.2 Å². The van der Waals surface area contributed by atoms with Crippen molar-refractivity contribution in [2.75, 3.05) is 13.7 Å². The molecule has 2 rings (SSSR count). The third kappa shape index (κ3) is 4.73. The van der Waals surface area contributed by atoms with Crippen LogP contribution in [0.1, 0.15) is 57.7 Å². The Morgan fingerprint density at radius 1 is 1.19 bits per heavy atom. The number of nitrogens with zero attached hydrogens (tertiary/aromatic N) is 1. The number of aryl methyl sites for hydroxylation is 1. The minimum Gasteiger partial charge on any atom is -0.480 e. The van der Waals surface area contributed by atoms with Gasteiger partial charge in [-0.15, -0.1) is 0 Å². The Labute approximate surface area is 155 Å². The molecule has 1 aliphatic carbocycles. The smallest absolute Gasteiger partial charge is 0.284 e. The van der Waals surface area contributed by atoms with Crippen molar-refractivity contribution in [2.24, 2.45) is 5.41 Å². The molecule has 0 N–H and O–H groups in total. The maximum absolute atomic E-state index is 12.6. The van der Waals surface area contributed by atoms with Gasteiger partial charge < -0.3 is 4.74 Å². The molecule has 0 bridgehead atoms. The van der Waals surface area contributed by atoms with Crippen molar-refractivity contribution in [3.8, 4) is 0 Å². The maximum atomic E-state index is 12.6. The van der Waals surface area contributed by atoms with Gasteiger partial charge in [0.2, 0.25) is 0 Å². The third-order valence-electron chi connectivity index (χ3n) is 4.72. The molecule has 5 heteroatoms. The second-order valence-electron chi connectivity index (χ2n) is 7.83. The van der Waals surface area contributed by atoms with E-state index >= 15 is 0 Å². The van der Waals surface area contributed by atoms with E-state index < -0.39 is 0 Å².